The molecule has 0 aliphatic carbocycles. The summed E-state index contributed by atoms with van der Waals surface area (Å²) in [4.78, 5) is 12.6. The van der Waals surface area contributed by atoms with Gasteiger partial charge in [0.2, 0.25) is 5.91 Å². The number of carbonyl (C=O) groups excluding carboxylic acids is 1. The molecule has 1 aromatic carbocycles. The van der Waals surface area contributed by atoms with Gasteiger partial charge in [0.1, 0.15) is 11.4 Å². The molecule has 1 saturated heterocycles. The zero-order valence-electron chi connectivity index (χ0n) is 14.8. The van der Waals surface area contributed by atoms with Gasteiger partial charge in [0.25, 0.3) is 0 Å². The van der Waals surface area contributed by atoms with Crippen LogP contribution in [0.4, 0.5) is 4.39 Å². The Morgan fingerprint density at radius 1 is 1.25 bits per heavy atom. The first-order valence-corrected chi connectivity index (χ1v) is 8.55. The number of amides is 1. The summed E-state index contributed by atoms with van der Waals surface area (Å²) in [6.07, 6.45) is 2.79. The van der Waals surface area contributed by atoms with Crippen molar-refractivity contribution >= 4 is 5.91 Å². The third-order valence-corrected chi connectivity index (χ3v) is 4.81. The third-order valence-electron chi connectivity index (χ3n) is 4.81. The standard InChI is InChI=1S/C19H28FNO3/c1-18(2,12-14-8-10-24-11-9-14)17(22)21-13-19(3,23)15-4-6-16(20)7-5-15/h4-7,14,23H,8-13H2,1-3H3,(H,21,22). The molecule has 2 N–H and O–H groups in total. The first-order chi connectivity index (χ1) is 11.2. The predicted molar refractivity (Wildman–Crippen MR) is 90.9 cm³/mol. The highest BCUT2D eigenvalue weighted by Crippen LogP contribution is 2.31. The summed E-state index contributed by atoms with van der Waals surface area (Å²) in [6, 6.07) is 5.69. The minimum Gasteiger partial charge on any atom is -0.384 e. The van der Waals surface area contributed by atoms with E-state index in [1.54, 1.807) is 6.92 Å². The van der Waals surface area contributed by atoms with E-state index in [-0.39, 0.29) is 18.3 Å². The number of carbonyl (C=O) groups is 1. The fourth-order valence-corrected chi connectivity index (χ4v) is 3.17. The number of benzene rings is 1. The molecule has 1 aliphatic heterocycles. The molecule has 0 radical (unpaired) electrons. The molecule has 1 atom stereocenters. The normalized spacial score (nSPS) is 18.9. The summed E-state index contributed by atoms with van der Waals surface area (Å²) in [6.45, 7) is 7.11. The largest absolute Gasteiger partial charge is 0.384 e. The summed E-state index contributed by atoms with van der Waals surface area (Å²) in [5.41, 5.74) is -1.16. The summed E-state index contributed by atoms with van der Waals surface area (Å²) in [5.74, 6) is 0.0738. The van der Waals surface area contributed by atoms with E-state index in [4.69, 9.17) is 4.74 Å². The lowest BCUT2D eigenvalue weighted by Gasteiger charge is -2.32. The Balaban J connectivity index is 1.91. The van der Waals surface area contributed by atoms with Gasteiger partial charge in [0.05, 0.1) is 6.54 Å². The quantitative estimate of drug-likeness (QED) is 0.839. The van der Waals surface area contributed by atoms with E-state index >= 15 is 0 Å². The predicted octanol–water partition coefficient (Wildman–Crippen LogP) is 2.99. The molecule has 2 rings (SSSR count). The van der Waals surface area contributed by atoms with Crippen LogP contribution in [-0.4, -0.2) is 30.8 Å². The van der Waals surface area contributed by atoms with Gasteiger partial charge in [0.15, 0.2) is 0 Å². The fourth-order valence-electron chi connectivity index (χ4n) is 3.17. The number of hydrogen-bond donors (Lipinski definition) is 2. The van der Waals surface area contributed by atoms with Crippen LogP contribution >= 0.6 is 0 Å². The first kappa shape index (κ1) is 18.9. The fraction of sp³-hybridized carbons (Fsp3) is 0.632. The van der Waals surface area contributed by atoms with Crippen LogP contribution in [-0.2, 0) is 15.1 Å². The van der Waals surface area contributed by atoms with Crippen LogP contribution in [0.2, 0.25) is 0 Å². The number of hydrogen-bond acceptors (Lipinski definition) is 3. The molecule has 1 heterocycles. The lowest BCUT2D eigenvalue weighted by Crippen LogP contribution is -2.45. The molecule has 4 nitrogen and oxygen atoms in total. The van der Waals surface area contributed by atoms with Gasteiger partial charge < -0.3 is 15.2 Å². The maximum Gasteiger partial charge on any atom is 0.225 e. The Morgan fingerprint density at radius 2 is 1.83 bits per heavy atom. The van der Waals surface area contributed by atoms with Crippen LogP contribution in [0.5, 0.6) is 0 Å². The molecule has 0 spiro atoms. The summed E-state index contributed by atoms with van der Waals surface area (Å²) in [5, 5.41) is 13.4. The summed E-state index contributed by atoms with van der Waals surface area (Å²) >= 11 is 0. The molecule has 1 aliphatic rings. The van der Waals surface area contributed by atoms with E-state index in [2.05, 4.69) is 5.32 Å². The van der Waals surface area contributed by atoms with E-state index in [0.717, 1.165) is 32.5 Å². The van der Waals surface area contributed by atoms with Gasteiger partial charge >= 0.3 is 0 Å². The topological polar surface area (TPSA) is 58.6 Å². The van der Waals surface area contributed by atoms with Gasteiger partial charge in [-0.05, 0) is 49.8 Å². The SMILES string of the molecule is CC(C)(CC1CCOCC1)C(=O)NCC(C)(O)c1ccc(F)cc1. The van der Waals surface area contributed by atoms with Crippen molar-refractivity contribution in [3.63, 3.8) is 0 Å². The summed E-state index contributed by atoms with van der Waals surface area (Å²) < 4.78 is 18.4. The lowest BCUT2D eigenvalue weighted by atomic mass is 9.79. The Bertz CT molecular complexity index is 548. The minimum atomic E-state index is -1.24. The third kappa shape index (κ3) is 5.02. The van der Waals surface area contributed by atoms with Crippen LogP contribution in [0.1, 0.15) is 45.6 Å². The Morgan fingerprint density at radius 3 is 2.42 bits per heavy atom. The monoisotopic (exact) mass is 337 g/mol. The Labute approximate surface area is 143 Å². The zero-order chi connectivity index (χ0) is 17.8. The molecule has 1 fully saturated rings. The van der Waals surface area contributed by atoms with Crippen molar-refractivity contribution in [1.82, 2.24) is 5.32 Å². The molecule has 5 heteroatoms. The molecule has 0 bridgehead atoms. The van der Waals surface area contributed by atoms with Crippen LogP contribution in [0.15, 0.2) is 24.3 Å². The number of aliphatic hydroxyl groups is 1. The zero-order valence-corrected chi connectivity index (χ0v) is 14.8. The van der Waals surface area contributed by atoms with Crippen molar-refractivity contribution < 1.29 is 19.0 Å². The Kier molecular flexibility index (Phi) is 5.99. The van der Waals surface area contributed by atoms with Gasteiger partial charge in [-0.15, -0.1) is 0 Å². The second-order valence-corrected chi connectivity index (χ2v) is 7.61. The van der Waals surface area contributed by atoms with Crippen molar-refractivity contribution in [3.8, 4) is 0 Å². The maximum atomic E-state index is 13.0. The van der Waals surface area contributed by atoms with Gasteiger partial charge in [0, 0.05) is 18.6 Å². The van der Waals surface area contributed by atoms with Crippen molar-refractivity contribution in [2.75, 3.05) is 19.8 Å². The second-order valence-electron chi connectivity index (χ2n) is 7.61. The van der Waals surface area contributed by atoms with Crippen molar-refractivity contribution in [1.29, 1.82) is 0 Å². The van der Waals surface area contributed by atoms with Gasteiger partial charge in [-0.1, -0.05) is 26.0 Å². The van der Waals surface area contributed by atoms with E-state index in [1.807, 2.05) is 13.8 Å². The Hall–Kier alpha value is -1.46. The minimum absolute atomic E-state index is 0.0728. The summed E-state index contributed by atoms with van der Waals surface area (Å²) in [7, 11) is 0. The first-order valence-electron chi connectivity index (χ1n) is 8.55. The maximum absolute atomic E-state index is 13.0. The van der Waals surface area contributed by atoms with E-state index < -0.39 is 11.0 Å². The molecule has 24 heavy (non-hydrogen) atoms. The second kappa shape index (κ2) is 7.62. The molecular formula is C19H28FNO3. The number of rotatable bonds is 6. The average molecular weight is 337 g/mol. The van der Waals surface area contributed by atoms with E-state index in [1.165, 1.54) is 24.3 Å². The molecule has 134 valence electrons. The van der Waals surface area contributed by atoms with E-state index in [9.17, 15) is 14.3 Å². The van der Waals surface area contributed by atoms with E-state index in [0.29, 0.717) is 11.5 Å². The number of ether oxygens (including phenoxy) is 1. The molecule has 1 amide bonds. The molecule has 1 unspecified atom stereocenters. The molecule has 0 saturated carbocycles. The number of nitrogens with one attached hydrogen (secondary N) is 1. The van der Waals surface area contributed by atoms with Gasteiger partial charge in [-0.3, -0.25) is 4.79 Å². The highest BCUT2D eigenvalue weighted by atomic mass is 19.1. The highest BCUT2D eigenvalue weighted by Gasteiger charge is 2.33. The molecule has 0 aromatic heterocycles. The van der Waals surface area contributed by atoms with Crippen LogP contribution in [0.25, 0.3) is 0 Å². The molecule has 1 aromatic rings. The molecular weight excluding hydrogens is 309 g/mol. The van der Waals surface area contributed by atoms with Crippen LogP contribution in [0, 0.1) is 17.2 Å². The van der Waals surface area contributed by atoms with Crippen molar-refractivity contribution in [2.45, 2.75) is 45.6 Å². The lowest BCUT2D eigenvalue weighted by molar-refractivity contribution is -0.132. The average Bonchev–Trinajstić information content (AvgIpc) is 2.53. The van der Waals surface area contributed by atoms with Crippen LogP contribution < -0.4 is 5.32 Å². The van der Waals surface area contributed by atoms with Crippen molar-refractivity contribution in [2.24, 2.45) is 11.3 Å². The van der Waals surface area contributed by atoms with Gasteiger partial charge in [-0.25, -0.2) is 4.39 Å². The highest BCUT2D eigenvalue weighted by molar-refractivity contribution is 5.81. The number of halogens is 1. The van der Waals surface area contributed by atoms with Gasteiger partial charge in [-0.2, -0.15) is 0 Å². The van der Waals surface area contributed by atoms with Crippen molar-refractivity contribution in [3.05, 3.63) is 35.6 Å². The van der Waals surface area contributed by atoms with Crippen LogP contribution in [0.3, 0.4) is 0 Å². The smallest absolute Gasteiger partial charge is 0.225 e.